The highest BCUT2D eigenvalue weighted by Crippen LogP contribution is 2.22. The molecule has 0 saturated carbocycles. The number of carbonyl (C=O) groups excluding carboxylic acids is 1. The number of ether oxygens (including phenoxy) is 1. The van der Waals surface area contributed by atoms with Crippen LogP contribution in [0.25, 0.3) is 0 Å². The zero-order chi connectivity index (χ0) is 17.7. The van der Waals surface area contributed by atoms with Crippen molar-refractivity contribution in [1.29, 1.82) is 0 Å². The largest absolute Gasteiger partial charge is 0.484 e. The van der Waals surface area contributed by atoms with Gasteiger partial charge in [0.25, 0.3) is 5.91 Å². The predicted octanol–water partition coefficient (Wildman–Crippen LogP) is 4.00. The first-order chi connectivity index (χ1) is 11.4. The Balaban J connectivity index is 1.97. The summed E-state index contributed by atoms with van der Waals surface area (Å²) in [5.41, 5.74) is 0.771. The van der Waals surface area contributed by atoms with E-state index in [9.17, 15) is 18.0 Å². The van der Waals surface area contributed by atoms with Gasteiger partial charge in [0, 0.05) is 6.07 Å². The maximum absolute atomic E-state index is 13.1. The molecule has 1 unspecified atom stereocenters. The van der Waals surface area contributed by atoms with E-state index in [1.54, 1.807) is 12.1 Å². The second-order valence-electron chi connectivity index (χ2n) is 5.71. The Labute approximate surface area is 138 Å². The molecule has 0 spiro atoms. The van der Waals surface area contributed by atoms with Crippen molar-refractivity contribution in [2.24, 2.45) is 5.92 Å². The van der Waals surface area contributed by atoms with Crippen LogP contribution in [-0.2, 0) is 4.79 Å². The number of hydrogen-bond donors (Lipinski definition) is 1. The SMILES string of the molecule is CC(C)C(NC(=O)COc1ccc(F)c(F)c1)c1ccc(F)cc1. The van der Waals surface area contributed by atoms with Crippen LogP contribution < -0.4 is 10.1 Å². The minimum absolute atomic E-state index is 0.0620. The Morgan fingerprint density at radius 3 is 2.29 bits per heavy atom. The summed E-state index contributed by atoms with van der Waals surface area (Å²) in [6.07, 6.45) is 0. The van der Waals surface area contributed by atoms with Gasteiger partial charge in [0.05, 0.1) is 6.04 Å². The van der Waals surface area contributed by atoms with Crippen LogP contribution in [0.5, 0.6) is 5.75 Å². The predicted molar refractivity (Wildman–Crippen MR) is 84.0 cm³/mol. The van der Waals surface area contributed by atoms with Gasteiger partial charge in [0.15, 0.2) is 18.2 Å². The van der Waals surface area contributed by atoms with Crippen LogP contribution in [0.15, 0.2) is 42.5 Å². The van der Waals surface area contributed by atoms with Crippen molar-refractivity contribution in [3.63, 3.8) is 0 Å². The van der Waals surface area contributed by atoms with Crippen molar-refractivity contribution in [2.45, 2.75) is 19.9 Å². The van der Waals surface area contributed by atoms with Crippen molar-refractivity contribution < 1.29 is 22.7 Å². The van der Waals surface area contributed by atoms with Crippen LogP contribution in [0.3, 0.4) is 0 Å². The van der Waals surface area contributed by atoms with Gasteiger partial charge < -0.3 is 10.1 Å². The Hall–Kier alpha value is -2.50. The molecule has 3 nitrogen and oxygen atoms in total. The molecule has 1 atom stereocenters. The molecule has 0 aromatic heterocycles. The minimum Gasteiger partial charge on any atom is -0.484 e. The molecule has 2 rings (SSSR count). The first kappa shape index (κ1) is 17.8. The summed E-state index contributed by atoms with van der Waals surface area (Å²) in [4.78, 5) is 12.0. The fraction of sp³-hybridized carbons (Fsp3) is 0.278. The van der Waals surface area contributed by atoms with Crippen LogP contribution in [0.2, 0.25) is 0 Å². The third-order valence-electron chi connectivity index (χ3n) is 3.47. The maximum Gasteiger partial charge on any atom is 0.258 e. The first-order valence-electron chi connectivity index (χ1n) is 7.49. The zero-order valence-corrected chi connectivity index (χ0v) is 13.4. The number of hydrogen-bond acceptors (Lipinski definition) is 2. The van der Waals surface area contributed by atoms with Gasteiger partial charge in [-0.3, -0.25) is 4.79 Å². The van der Waals surface area contributed by atoms with Crippen LogP contribution in [0, 0.1) is 23.4 Å². The quantitative estimate of drug-likeness (QED) is 0.865. The smallest absolute Gasteiger partial charge is 0.258 e. The molecule has 0 heterocycles. The summed E-state index contributed by atoms with van der Waals surface area (Å²) in [5, 5.41) is 2.79. The summed E-state index contributed by atoms with van der Waals surface area (Å²) >= 11 is 0. The summed E-state index contributed by atoms with van der Waals surface area (Å²) in [5.74, 6) is -2.66. The van der Waals surface area contributed by atoms with Crippen molar-refractivity contribution in [3.05, 3.63) is 65.5 Å². The molecule has 24 heavy (non-hydrogen) atoms. The van der Waals surface area contributed by atoms with E-state index in [1.165, 1.54) is 18.2 Å². The molecule has 2 aromatic carbocycles. The Kier molecular flexibility index (Phi) is 5.84. The normalized spacial score (nSPS) is 12.1. The highest BCUT2D eigenvalue weighted by Gasteiger charge is 2.18. The van der Waals surface area contributed by atoms with Crippen LogP contribution >= 0.6 is 0 Å². The molecule has 1 amide bonds. The van der Waals surface area contributed by atoms with Crippen molar-refractivity contribution in [3.8, 4) is 5.75 Å². The molecule has 0 fully saturated rings. The highest BCUT2D eigenvalue weighted by molar-refractivity contribution is 5.78. The van der Waals surface area contributed by atoms with E-state index in [4.69, 9.17) is 4.74 Å². The molecule has 0 bridgehead atoms. The van der Waals surface area contributed by atoms with E-state index in [-0.39, 0.29) is 30.1 Å². The molecule has 128 valence electrons. The van der Waals surface area contributed by atoms with Gasteiger partial charge in [-0.15, -0.1) is 0 Å². The Morgan fingerprint density at radius 1 is 1.04 bits per heavy atom. The van der Waals surface area contributed by atoms with Gasteiger partial charge in [0.2, 0.25) is 0 Å². The van der Waals surface area contributed by atoms with Gasteiger partial charge in [0.1, 0.15) is 11.6 Å². The van der Waals surface area contributed by atoms with Gasteiger partial charge in [-0.1, -0.05) is 26.0 Å². The van der Waals surface area contributed by atoms with Crippen LogP contribution in [0.4, 0.5) is 13.2 Å². The van der Waals surface area contributed by atoms with E-state index in [2.05, 4.69) is 5.32 Å². The third-order valence-corrected chi connectivity index (χ3v) is 3.47. The van der Waals surface area contributed by atoms with Gasteiger partial charge >= 0.3 is 0 Å². The van der Waals surface area contributed by atoms with Crippen LogP contribution in [-0.4, -0.2) is 12.5 Å². The molecule has 2 aromatic rings. The number of nitrogens with one attached hydrogen (secondary N) is 1. The van der Waals surface area contributed by atoms with Gasteiger partial charge in [-0.25, -0.2) is 13.2 Å². The topological polar surface area (TPSA) is 38.3 Å². The molecule has 0 radical (unpaired) electrons. The Morgan fingerprint density at radius 2 is 1.71 bits per heavy atom. The molecule has 0 saturated heterocycles. The number of benzene rings is 2. The third kappa shape index (κ3) is 4.75. The maximum atomic E-state index is 13.1. The van der Waals surface area contributed by atoms with E-state index in [1.807, 2.05) is 13.8 Å². The Bertz CT molecular complexity index is 702. The molecule has 0 aliphatic carbocycles. The summed E-state index contributed by atoms with van der Waals surface area (Å²) in [6, 6.07) is 8.61. The summed E-state index contributed by atoms with van der Waals surface area (Å²) in [7, 11) is 0. The molecular formula is C18H18F3NO2. The molecule has 0 aliphatic heterocycles. The van der Waals surface area contributed by atoms with E-state index in [0.717, 1.165) is 17.7 Å². The second kappa shape index (κ2) is 7.86. The number of rotatable bonds is 6. The van der Waals surface area contributed by atoms with Crippen LogP contribution in [0.1, 0.15) is 25.5 Å². The van der Waals surface area contributed by atoms with Crippen molar-refractivity contribution in [2.75, 3.05) is 6.61 Å². The fourth-order valence-electron chi connectivity index (χ4n) is 2.24. The summed E-state index contributed by atoms with van der Waals surface area (Å²) < 4.78 is 44.1. The standard InChI is InChI=1S/C18H18F3NO2/c1-11(2)18(12-3-5-13(19)6-4-12)22-17(23)10-24-14-7-8-15(20)16(21)9-14/h3-9,11,18H,10H2,1-2H3,(H,22,23). The lowest BCUT2D eigenvalue weighted by molar-refractivity contribution is -0.124. The van der Waals surface area contributed by atoms with Gasteiger partial charge in [-0.05, 0) is 35.7 Å². The highest BCUT2D eigenvalue weighted by atomic mass is 19.2. The minimum atomic E-state index is -1.04. The second-order valence-corrected chi connectivity index (χ2v) is 5.71. The average molecular weight is 337 g/mol. The monoisotopic (exact) mass is 337 g/mol. The average Bonchev–Trinajstić information content (AvgIpc) is 2.54. The number of carbonyl (C=O) groups is 1. The van der Waals surface area contributed by atoms with E-state index < -0.39 is 17.5 Å². The molecule has 1 N–H and O–H groups in total. The van der Waals surface area contributed by atoms with E-state index >= 15 is 0 Å². The molecular weight excluding hydrogens is 319 g/mol. The van der Waals surface area contributed by atoms with Crippen molar-refractivity contribution >= 4 is 5.91 Å². The number of halogens is 3. The van der Waals surface area contributed by atoms with Crippen molar-refractivity contribution in [1.82, 2.24) is 5.32 Å². The number of amides is 1. The molecule has 6 heteroatoms. The molecule has 0 aliphatic rings. The lowest BCUT2D eigenvalue weighted by atomic mass is 9.96. The first-order valence-corrected chi connectivity index (χ1v) is 7.49. The lowest BCUT2D eigenvalue weighted by Crippen LogP contribution is -2.35. The fourth-order valence-corrected chi connectivity index (χ4v) is 2.24. The van der Waals surface area contributed by atoms with Gasteiger partial charge in [-0.2, -0.15) is 0 Å². The van der Waals surface area contributed by atoms with E-state index in [0.29, 0.717) is 0 Å². The summed E-state index contributed by atoms with van der Waals surface area (Å²) in [6.45, 7) is 3.50. The zero-order valence-electron chi connectivity index (χ0n) is 13.4. The lowest BCUT2D eigenvalue weighted by Gasteiger charge is -2.23.